The van der Waals surface area contributed by atoms with Gasteiger partial charge in [-0.25, -0.2) is 0 Å². The van der Waals surface area contributed by atoms with Crippen molar-refractivity contribution in [2.45, 2.75) is 18.9 Å². The zero-order valence-electron chi connectivity index (χ0n) is 11.5. The summed E-state index contributed by atoms with van der Waals surface area (Å²) in [5.41, 5.74) is 7.89. The van der Waals surface area contributed by atoms with E-state index < -0.39 is 6.10 Å². The van der Waals surface area contributed by atoms with E-state index in [0.717, 1.165) is 12.2 Å². The minimum Gasteiger partial charge on any atom is -0.493 e. The normalized spacial score (nSPS) is 12.1. The molecule has 3 N–H and O–H groups in total. The first-order chi connectivity index (χ1) is 9.78. The first kappa shape index (κ1) is 14.6. The summed E-state index contributed by atoms with van der Waals surface area (Å²) < 4.78 is 5.57. The third-order valence-electron chi connectivity index (χ3n) is 3.17. The lowest BCUT2D eigenvalue weighted by atomic mass is 10.1. The van der Waals surface area contributed by atoms with Gasteiger partial charge in [-0.15, -0.1) is 0 Å². The zero-order valence-corrected chi connectivity index (χ0v) is 11.5. The summed E-state index contributed by atoms with van der Waals surface area (Å²) in [6.07, 6.45) is 1.00. The predicted octanol–water partition coefficient (Wildman–Crippen LogP) is 2.37. The summed E-state index contributed by atoms with van der Waals surface area (Å²) in [4.78, 5) is 0. The van der Waals surface area contributed by atoms with E-state index >= 15 is 0 Å². The molecular weight excluding hydrogens is 250 g/mol. The van der Waals surface area contributed by atoms with E-state index in [1.165, 1.54) is 11.1 Å². The third kappa shape index (κ3) is 4.68. The van der Waals surface area contributed by atoms with Crippen LogP contribution in [0.2, 0.25) is 0 Å². The summed E-state index contributed by atoms with van der Waals surface area (Å²) in [7, 11) is 0. The van der Waals surface area contributed by atoms with Crippen molar-refractivity contribution in [2.75, 3.05) is 13.2 Å². The summed E-state index contributed by atoms with van der Waals surface area (Å²) in [6.45, 7) is 0.760. The molecule has 0 aliphatic carbocycles. The number of aliphatic hydroxyl groups excluding tert-OH is 1. The lowest BCUT2D eigenvalue weighted by Crippen LogP contribution is -2.21. The average Bonchev–Trinajstić information content (AvgIpc) is 2.50. The van der Waals surface area contributed by atoms with Crippen LogP contribution < -0.4 is 10.5 Å². The first-order valence-electron chi connectivity index (χ1n) is 6.91. The molecule has 1 atom stereocenters. The number of benzene rings is 2. The molecule has 0 aliphatic heterocycles. The summed E-state index contributed by atoms with van der Waals surface area (Å²) in [5.74, 6) is 0.825. The maximum Gasteiger partial charge on any atom is 0.119 e. The van der Waals surface area contributed by atoms with Crippen LogP contribution in [0.5, 0.6) is 5.75 Å². The van der Waals surface area contributed by atoms with Gasteiger partial charge in [0.2, 0.25) is 0 Å². The van der Waals surface area contributed by atoms with E-state index in [1.807, 2.05) is 18.2 Å². The molecule has 0 saturated heterocycles. The Morgan fingerprint density at radius 3 is 2.25 bits per heavy atom. The van der Waals surface area contributed by atoms with Crippen LogP contribution in [-0.2, 0) is 6.42 Å². The Kier molecular flexibility index (Phi) is 5.59. The monoisotopic (exact) mass is 271 g/mol. The molecule has 2 rings (SSSR count). The molecule has 0 radical (unpaired) electrons. The molecule has 0 heterocycles. The van der Waals surface area contributed by atoms with E-state index in [2.05, 4.69) is 36.4 Å². The summed E-state index contributed by atoms with van der Waals surface area (Å²) >= 11 is 0. The van der Waals surface area contributed by atoms with Crippen molar-refractivity contribution in [3.63, 3.8) is 0 Å². The molecule has 1 unspecified atom stereocenters. The Hall–Kier alpha value is -1.84. The van der Waals surface area contributed by atoms with Crippen LogP contribution >= 0.6 is 0 Å². The van der Waals surface area contributed by atoms with Gasteiger partial charge >= 0.3 is 0 Å². The van der Waals surface area contributed by atoms with Gasteiger partial charge in [-0.3, -0.25) is 0 Å². The number of rotatable bonds is 7. The Bertz CT molecular complexity index is 496. The largest absolute Gasteiger partial charge is 0.493 e. The second kappa shape index (κ2) is 7.68. The van der Waals surface area contributed by atoms with Crippen LogP contribution in [0.3, 0.4) is 0 Å². The molecule has 3 heteroatoms. The van der Waals surface area contributed by atoms with Gasteiger partial charge in [0.15, 0.2) is 0 Å². The van der Waals surface area contributed by atoms with Crippen LogP contribution in [0.15, 0.2) is 54.6 Å². The zero-order chi connectivity index (χ0) is 14.2. The molecule has 106 valence electrons. The van der Waals surface area contributed by atoms with E-state index in [4.69, 9.17) is 10.5 Å². The Labute approximate surface area is 120 Å². The molecule has 0 bridgehead atoms. The van der Waals surface area contributed by atoms with Crippen molar-refractivity contribution < 1.29 is 9.84 Å². The molecule has 0 aromatic heterocycles. The van der Waals surface area contributed by atoms with Crippen molar-refractivity contribution in [3.05, 3.63) is 65.7 Å². The van der Waals surface area contributed by atoms with Gasteiger partial charge in [-0.05, 0) is 29.7 Å². The van der Waals surface area contributed by atoms with E-state index in [9.17, 15) is 5.11 Å². The second-order valence-corrected chi connectivity index (χ2v) is 4.83. The summed E-state index contributed by atoms with van der Waals surface area (Å²) in [5, 5.41) is 9.34. The van der Waals surface area contributed by atoms with Crippen molar-refractivity contribution in [3.8, 4) is 5.75 Å². The maximum absolute atomic E-state index is 9.34. The highest BCUT2D eigenvalue weighted by Crippen LogP contribution is 2.15. The highest BCUT2D eigenvalue weighted by molar-refractivity contribution is 5.31. The molecule has 0 amide bonds. The van der Waals surface area contributed by atoms with Crippen LogP contribution in [0.25, 0.3) is 0 Å². The molecule has 2 aromatic rings. The maximum atomic E-state index is 9.34. The van der Waals surface area contributed by atoms with Gasteiger partial charge in [0, 0.05) is 13.0 Å². The molecule has 0 saturated carbocycles. The van der Waals surface area contributed by atoms with Crippen LogP contribution in [-0.4, -0.2) is 24.4 Å². The number of hydrogen-bond acceptors (Lipinski definition) is 3. The number of nitrogens with two attached hydrogens (primary N) is 1. The first-order valence-corrected chi connectivity index (χ1v) is 6.91. The SMILES string of the molecule is NCC(O)CCOc1ccc(Cc2ccccc2)cc1. The number of hydrogen-bond donors (Lipinski definition) is 2. The van der Waals surface area contributed by atoms with Crippen LogP contribution in [0, 0.1) is 0 Å². The minimum atomic E-state index is -0.479. The molecule has 0 spiro atoms. The standard InChI is InChI=1S/C17H21NO2/c18-13-16(19)10-11-20-17-8-6-15(7-9-17)12-14-4-2-1-3-5-14/h1-9,16,19H,10-13,18H2. The lowest BCUT2D eigenvalue weighted by Gasteiger charge is -2.10. The summed E-state index contributed by atoms with van der Waals surface area (Å²) in [6, 6.07) is 18.4. The van der Waals surface area contributed by atoms with Crippen molar-refractivity contribution >= 4 is 0 Å². The Morgan fingerprint density at radius 2 is 1.60 bits per heavy atom. The van der Waals surface area contributed by atoms with Crippen molar-refractivity contribution in [1.29, 1.82) is 0 Å². The van der Waals surface area contributed by atoms with Gasteiger partial charge in [0.25, 0.3) is 0 Å². The molecule has 2 aromatic carbocycles. The predicted molar refractivity (Wildman–Crippen MR) is 80.9 cm³/mol. The molecule has 0 aliphatic rings. The van der Waals surface area contributed by atoms with Crippen molar-refractivity contribution in [1.82, 2.24) is 0 Å². The molecular formula is C17H21NO2. The molecule has 3 nitrogen and oxygen atoms in total. The van der Waals surface area contributed by atoms with Gasteiger partial charge < -0.3 is 15.6 Å². The van der Waals surface area contributed by atoms with Crippen LogP contribution in [0.1, 0.15) is 17.5 Å². The second-order valence-electron chi connectivity index (χ2n) is 4.83. The molecule has 0 fully saturated rings. The smallest absolute Gasteiger partial charge is 0.119 e. The van der Waals surface area contributed by atoms with E-state index in [-0.39, 0.29) is 6.54 Å². The minimum absolute atomic E-state index is 0.277. The topological polar surface area (TPSA) is 55.5 Å². The highest BCUT2D eigenvalue weighted by atomic mass is 16.5. The van der Waals surface area contributed by atoms with Crippen LogP contribution in [0.4, 0.5) is 0 Å². The molecule has 20 heavy (non-hydrogen) atoms. The number of ether oxygens (including phenoxy) is 1. The number of aliphatic hydroxyl groups is 1. The third-order valence-corrected chi connectivity index (χ3v) is 3.17. The van der Waals surface area contributed by atoms with Gasteiger partial charge in [0.05, 0.1) is 12.7 Å². The fraction of sp³-hybridized carbons (Fsp3) is 0.294. The van der Waals surface area contributed by atoms with Crippen molar-refractivity contribution in [2.24, 2.45) is 5.73 Å². The van der Waals surface area contributed by atoms with E-state index in [1.54, 1.807) is 0 Å². The fourth-order valence-corrected chi connectivity index (χ4v) is 1.97. The lowest BCUT2D eigenvalue weighted by molar-refractivity contribution is 0.146. The Morgan fingerprint density at radius 1 is 0.950 bits per heavy atom. The van der Waals surface area contributed by atoms with Gasteiger partial charge in [0.1, 0.15) is 5.75 Å². The fourth-order valence-electron chi connectivity index (χ4n) is 1.97. The Balaban J connectivity index is 1.84. The average molecular weight is 271 g/mol. The van der Waals surface area contributed by atoms with Gasteiger partial charge in [-0.1, -0.05) is 42.5 Å². The van der Waals surface area contributed by atoms with Gasteiger partial charge in [-0.2, -0.15) is 0 Å². The highest BCUT2D eigenvalue weighted by Gasteiger charge is 2.02. The quantitative estimate of drug-likeness (QED) is 0.813. The van der Waals surface area contributed by atoms with E-state index in [0.29, 0.717) is 13.0 Å².